The highest BCUT2D eigenvalue weighted by atomic mass is 15.1. The first-order valence-electron chi connectivity index (χ1n) is 9.29. The van der Waals surface area contributed by atoms with Crippen molar-refractivity contribution in [3.63, 3.8) is 0 Å². The van der Waals surface area contributed by atoms with Gasteiger partial charge < -0.3 is 15.2 Å². The van der Waals surface area contributed by atoms with Crippen molar-refractivity contribution in [1.82, 2.24) is 24.8 Å². The molecule has 1 fully saturated rings. The summed E-state index contributed by atoms with van der Waals surface area (Å²) < 4.78 is 2.16. The first kappa shape index (κ1) is 17.4. The molecule has 0 amide bonds. The fraction of sp³-hybridized carbons (Fsp3) is 0.286. The molecule has 0 atom stereocenters. The third-order valence-corrected chi connectivity index (χ3v) is 5.03. The maximum atomic E-state index is 4.69. The number of hydrogen-bond donors (Lipinski definition) is 2. The minimum absolute atomic E-state index is 0.502. The van der Waals surface area contributed by atoms with E-state index in [2.05, 4.69) is 38.8 Å². The molecular weight excluding hydrogens is 336 g/mol. The summed E-state index contributed by atoms with van der Waals surface area (Å²) in [5, 5.41) is 6.61. The summed E-state index contributed by atoms with van der Waals surface area (Å²) in [4.78, 5) is 13.7. The monoisotopic (exact) mass is 360 g/mol. The second-order valence-electron chi connectivity index (χ2n) is 6.82. The smallest absolute Gasteiger partial charge is 0.227 e. The average molecular weight is 360 g/mol. The van der Waals surface area contributed by atoms with Gasteiger partial charge in [0.1, 0.15) is 5.82 Å². The van der Waals surface area contributed by atoms with Crippen LogP contribution >= 0.6 is 0 Å². The van der Waals surface area contributed by atoms with Crippen LogP contribution < -0.4 is 10.6 Å². The van der Waals surface area contributed by atoms with Crippen LogP contribution in [0.15, 0.2) is 55.4 Å². The van der Waals surface area contributed by atoms with E-state index in [-0.39, 0.29) is 0 Å². The number of rotatable bonds is 5. The van der Waals surface area contributed by atoms with Crippen molar-refractivity contribution < 1.29 is 0 Å². The first-order valence-corrected chi connectivity index (χ1v) is 9.29. The van der Waals surface area contributed by atoms with E-state index < -0.39 is 0 Å². The molecule has 0 spiro atoms. The van der Waals surface area contributed by atoms with Gasteiger partial charge in [0.2, 0.25) is 5.95 Å². The summed E-state index contributed by atoms with van der Waals surface area (Å²) in [6.07, 6.45) is 5.92. The number of nitrogens with one attached hydrogen (secondary N) is 2. The molecule has 0 saturated carbocycles. The number of imidazole rings is 1. The van der Waals surface area contributed by atoms with Crippen molar-refractivity contribution in [2.24, 2.45) is 7.05 Å². The molecule has 1 aliphatic heterocycles. The minimum Gasteiger partial charge on any atom is -0.330 e. The van der Waals surface area contributed by atoms with Gasteiger partial charge in [-0.3, -0.25) is 0 Å². The average Bonchev–Trinajstić information content (AvgIpc) is 3.11. The normalized spacial score (nSPS) is 14.9. The molecule has 2 aromatic heterocycles. The standard InChI is InChI=1S/C21H24N6/c1-15(16-6-4-3-5-7-16)25-21-23-13-10-18(26-21)19-14-24-20(27(19)2)17-8-11-22-12-9-17/h3-7,10,13-14,17,22H,1,8-9,11-12H2,2H3,(H,23,25,26). The molecule has 1 aromatic carbocycles. The van der Waals surface area contributed by atoms with E-state index in [9.17, 15) is 0 Å². The lowest BCUT2D eigenvalue weighted by atomic mass is 9.97. The Morgan fingerprint density at radius 3 is 2.70 bits per heavy atom. The maximum Gasteiger partial charge on any atom is 0.227 e. The highest BCUT2D eigenvalue weighted by Crippen LogP contribution is 2.28. The predicted octanol–water partition coefficient (Wildman–Crippen LogP) is 3.43. The van der Waals surface area contributed by atoms with Gasteiger partial charge in [0.05, 0.1) is 17.6 Å². The van der Waals surface area contributed by atoms with Crippen LogP contribution in [0.5, 0.6) is 0 Å². The molecular formula is C21H24N6. The molecule has 1 aliphatic rings. The van der Waals surface area contributed by atoms with E-state index in [1.54, 1.807) is 6.20 Å². The summed E-state index contributed by atoms with van der Waals surface area (Å²) >= 11 is 0. The van der Waals surface area contributed by atoms with Gasteiger partial charge in [-0.15, -0.1) is 0 Å². The molecule has 3 heterocycles. The quantitative estimate of drug-likeness (QED) is 0.730. The van der Waals surface area contributed by atoms with E-state index in [0.29, 0.717) is 11.9 Å². The zero-order valence-corrected chi connectivity index (χ0v) is 15.5. The molecule has 6 nitrogen and oxygen atoms in total. The second-order valence-corrected chi connectivity index (χ2v) is 6.82. The molecule has 4 rings (SSSR count). The minimum atomic E-state index is 0.502. The maximum absolute atomic E-state index is 4.69. The van der Waals surface area contributed by atoms with Crippen LogP contribution in [0, 0.1) is 0 Å². The number of benzene rings is 1. The SMILES string of the molecule is C=C(Nc1nccc(-c2cnc(C3CCNCC3)n2C)n1)c1ccccc1. The molecule has 6 heteroatoms. The molecule has 27 heavy (non-hydrogen) atoms. The van der Waals surface area contributed by atoms with Gasteiger partial charge in [-0.25, -0.2) is 15.0 Å². The first-order chi connectivity index (χ1) is 13.2. The van der Waals surface area contributed by atoms with Crippen molar-refractivity contribution in [3.05, 3.63) is 66.8 Å². The fourth-order valence-electron chi connectivity index (χ4n) is 3.53. The third-order valence-electron chi connectivity index (χ3n) is 5.03. The van der Waals surface area contributed by atoms with Gasteiger partial charge in [0.25, 0.3) is 0 Å². The molecule has 2 N–H and O–H groups in total. The van der Waals surface area contributed by atoms with Crippen LogP contribution in [-0.4, -0.2) is 32.6 Å². The van der Waals surface area contributed by atoms with Crippen LogP contribution in [0.2, 0.25) is 0 Å². The van der Waals surface area contributed by atoms with E-state index in [1.807, 2.05) is 42.6 Å². The Morgan fingerprint density at radius 2 is 1.93 bits per heavy atom. The van der Waals surface area contributed by atoms with Crippen molar-refractivity contribution in [1.29, 1.82) is 0 Å². The topological polar surface area (TPSA) is 67.7 Å². The third kappa shape index (κ3) is 3.75. The van der Waals surface area contributed by atoms with Gasteiger partial charge >= 0.3 is 0 Å². The van der Waals surface area contributed by atoms with Crippen LogP contribution in [0.3, 0.4) is 0 Å². The number of anilines is 1. The Bertz CT molecular complexity index is 925. The summed E-state index contributed by atoms with van der Waals surface area (Å²) in [6.45, 7) is 6.19. The van der Waals surface area contributed by atoms with Crippen molar-refractivity contribution in [3.8, 4) is 11.4 Å². The molecule has 3 aromatic rings. The van der Waals surface area contributed by atoms with Gasteiger partial charge in [-0.2, -0.15) is 0 Å². The van der Waals surface area contributed by atoms with Gasteiger partial charge in [0, 0.05) is 24.9 Å². The van der Waals surface area contributed by atoms with E-state index in [4.69, 9.17) is 4.98 Å². The van der Waals surface area contributed by atoms with Gasteiger partial charge in [-0.1, -0.05) is 36.9 Å². The number of hydrogen-bond acceptors (Lipinski definition) is 5. The number of piperidine rings is 1. The zero-order chi connectivity index (χ0) is 18.6. The summed E-state index contributed by atoms with van der Waals surface area (Å²) in [5.74, 6) is 2.17. The fourth-order valence-corrected chi connectivity index (χ4v) is 3.53. The van der Waals surface area contributed by atoms with Gasteiger partial charge in [-0.05, 0) is 37.6 Å². The Morgan fingerprint density at radius 1 is 1.15 bits per heavy atom. The van der Waals surface area contributed by atoms with Crippen molar-refractivity contribution >= 4 is 11.6 Å². The summed E-state index contributed by atoms with van der Waals surface area (Å²) in [5.41, 5.74) is 3.64. The zero-order valence-electron chi connectivity index (χ0n) is 15.5. The van der Waals surface area contributed by atoms with E-state index in [1.165, 1.54) is 0 Å². The van der Waals surface area contributed by atoms with Gasteiger partial charge in [0.15, 0.2) is 0 Å². The van der Waals surface area contributed by atoms with Crippen molar-refractivity contribution in [2.45, 2.75) is 18.8 Å². The van der Waals surface area contributed by atoms with Crippen LogP contribution in [-0.2, 0) is 7.05 Å². The highest BCUT2D eigenvalue weighted by Gasteiger charge is 2.21. The molecule has 138 valence electrons. The molecule has 1 saturated heterocycles. The van der Waals surface area contributed by atoms with Crippen molar-refractivity contribution in [2.75, 3.05) is 18.4 Å². The predicted molar refractivity (Wildman–Crippen MR) is 108 cm³/mol. The molecule has 0 aliphatic carbocycles. The lowest BCUT2D eigenvalue weighted by molar-refractivity contribution is 0.437. The lowest BCUT2D eigenvalue weighted by Gasteiger charge is -2.22. The molecule has 0 unspecified atom stereocenters. The Kier molecular flexibility index (Phi) is 4.98. The lowest BCUT2D eigenvalue weighted by Crippen LogP contribution is -2.27. The number of aromatic nitrogens is 4. The summed E-state index contributed by atoms with van der Waals surface area (Å²) in [7, 11) is 2.07. The Hall–Kier alpha value is -2.99. The van der Waals surface area contributed by atoms with Crippen LogP contribution in [0.25, 0.3) is 17.1 Å². The molecule has 0 bridgehead atoms. The largest absolute Gasteiger partial charge is 0.330 e. The Labute approximate surface area is 159 Å². The highest BCUT2D eigenvalue weighted by molar-refractivity contribution is 5.73. The summed E-state index contributed by atoms with van der Waals surface area (Å²) in [6, 6.07) is 11.9. The van der Waals surface area contributed by atoms with Crippen LogP contribution in [0.1, 0.15) is 30.1 Å². The molecule has 0 radical (unpaired) electrons. The van der Waals surface area contributed by atoms with Crippen LogP contribution in [0.4, 0.5) is 5.95 Å². The Balaban J connectivity index is 1.56. The number of nitrogens with zero attached hydrogens (tertiary/aromatic N) is 4. The van der Waals surface area contributed by atoms with E-state index >= 15 is 0 Å². The van der Waals surface area contributed by atoms with E-state index in [0.717, 1.165) is 54.4 Å². The second kappa shape index (κ2) is 7.72.